The molecule has 0 aromatic heterocycles. The lowest BCUT2D eigenvalue weighted by Crippen LogP contribution is -2.65. The van der Waals surface area contributed by atoms with E-state index in [9.17, 15) is 45.6 Å². The Labute approximate surface area is 552 Å². The number of carbonyl (C=O) groups is 1. The molecule has 12 atom stereocenters. The Morgan fingerprint density at radius 1 is 0.407 bits per heavy atom. The molecule has 522 valence electrons. The molecule has 0 aromatic rings. The summed E-state index contributed by atoms with van der Waals surface area (Å²) >= 11 is 0. The highest BCUT2D eigenvalue weighted by Crippen LogP contribution is 2.30. The highest BCUT2D eigenvalue weighted by atomic mass is 16.7. The molecule has 0 aromatic carbocycles. The summed E-state index contributed by atoms with van der Waals surface area (Å²) in [5, 5.41) is 87.3. The van der Waals surface area contributed by atoms with Gasteiger partial charge in [0.05, 0.1) is 32.0 Å². The van der Waals surface area contributed by atoms with Gasteiger partial charge in [-0.2, -0.15) is 0 Å². The topological polar surface area (TPSA) is 228 Å². The molecular formula is C77H131NO13. The Hall–Kier alpha value is -3.61. The van der Waals surface area contributed by atoms with Crippen molar-refractivity contribution < 1.29 is 64.6 Å². The lowest BCUT2D eigenvalue weighted by Gasteiger charge is -2.46. The lowest BCUT2D eigenvalue weighted by molar-refractivity contribution is -0.359. The third-order valence-corrected chi connectivity index (χ3v) is 16.9. The number of rotatable bonds is 58. The minimum absolute atomic E-state index is 0.251. The molecule has 14 nitrogen and oxygen atoms in total. The maximum Gasteiger partial charge on any atom is 0.220 e. The van der Waals surface area contributed by atoms with E-state index in [1.807, 2.05) is 6.08 Å². The Morgan fingerprint density at radius 2 is 0.769 bits per heavy atom. The molecule has 1 amide bonds. The fourth-order valence-corrected chi connectivity index (χ4v) is 11.1. The highest BCUT2D eigenvalue weighted by molar-refractivity contribution is 5.76. The van der Waals surface area contributed by atoms with Crippen molar-refractivity contribution >= 4 is 5.91 Å². The van der Waals surface area contributed by atoms with Crippen LogP contribution in [0.2, 0.25) is 0 Å². The molecule has 14 heteroatoms. The SMILES string of the molecule is CC/C=C\C/C=C\C/C=C\C/C=C\C/C=C\C/C=C\C/C=C\C/C=C\CCCCCCCCCCCCCCCCCCC(=O)NC(COC1OC(CO)C(OC2OC(CO)C(O)C(O)C2O)C(O)C1O)C(O)/C=C/CC/C=C/CCCCCCCCCCCC. The van der Waals surface area contributed by atoms with E-state index >= 15 is 0 Å². The zero-order valence-corrected chi connectivity index (χ0v) is 56.8. The van der Waals surface area contributed by atoms with Gasteiger partial charge < -0.3 is 65.1 Å². The molecule has 2 heterocycles. The number of unbranched alkanes of at least 4 members (excludes halogenated alkanes) is 27. The monoisotopic (exact) mass is 1280 g/mol. The van der Waals surface area contributed by atoms with Crippen LogP contribution in [-0.4, -0.2) is 140 Å². The van der Waals surface area contributed by atoms with Gasteiger partial charge in [-0.05, 0) is 96.3 Å². The molecule has 0 radical (unpaired) electrons. The first-order valence-corrected chi connectivity index (χ1v) is 36.3. The molecular weight excluding hydrogens is 1150 g/mol. The molecule has 0 aliphatic carbocycles. The number of hydrogen-bond acceptors (Lipinski definition) is 13. The van der Waals surface area contributed by atoms with E-state index in [0.717, 1.165) is 83.5 Å². The van der Waals surface area contributed by atoms with Crippen LogP contribution in [0.1, 0.15) is 264 Å². The molecule has 2 aliphatic rings. The summed E-state index contributed by atoms with van der Waals surface area (Å²) < 4.78 is 22.8. The molecule has 0 bridgehead atoms. The van der Waals surface area contributed by atoms with Gasteiger partial charge in [0.25, 0.3) is 0 Å². The molecule has 2 rings (SSSR count). The first-order chi connectivity index (χ1) is 44.6. The van der Waals surface area contributed by atoms with Crippen LogP contribution in [0.3, 0.4) is 0 Å². The van der Waals surface area contributed by atoms with E-state index in [0.29, 0.717) is 12.8 Å². The first kappa shape index (κ1) is 83.5. The second-order valence-electron chi connectivity index (χ2n) is 25.0. The second-order valence-corrected chi connectivity index (χ2v) is 25.0. The van der Waals surface area contributed by atoms with E-state index in [4.69, 9.17) is 18.9 Å². The van der Waals surface area contributed by atoms with Crippen molar-refractivity contribution in [1.82, 2.24) is 5.32 Å². The van der Waals surface area contributed by atoms with Gasteiger partial charge in [0.1, 0.15) is 48.8 Å². The van der Waals surface area contributed by atoms with E-state index in [2.05, 4.69) is 129 Å². The van der Waals surface area contributed by atoms with Gasteiger partial charge in [0.15, 0.2) is 12.6 Å². The number of aliphatic hydroxyl groups excluding tert-OH is 8. The normalized spacial score (nSPS) is 23.5. The summed E-state index contributed by atoms with van der Waals surface area (Å²) in [6.07, 6.45) is 71.2. The summed E-state index contributed by atoms with van der Waals surface area (Å²) in [5.41, 5.74) is 0. The molecule has 0 saturated carbocycles. The van der Waals surface area contributed by atoms with Crippen molar-refractivity contribution in [3.05, 3.63) is 122 Å². The van der Waals surface area contributed by atoms with Crippen molar-refractivity contribution in [2.75, 3.05) is 19.8 Å². The van der Waals surface area contributed by atoms with Crippen LogP contribution in [0.5, 0.6) is 0 Å². The summed E-state index contributed by atoms with van der Waals surface area (Å²) in [4.78, 5) is 13.3. The maximum atomic E-state index is 13.3. The summed E-state index contributed by atoms with van der Waals surface area (Å²) in [6.45, 7) is 2.67. The quantitative estimate of drug-likeness (QED) is 0.0204. The Kier molecular flexibility index (Phi) is 55.1. The van der Waals surface area contributed by atoms with Gasteiger partial charge in [-0.15, -0.1) is 0 Å². The van der Waals surface area contributed by atoms with Crippen LogP contribution >= 0.6 is 0 Å². The molecule has 2 saturated heterocycles. The molecule has 2 fully saturated rings. The van der Waals surface area contributed by atoms with Crippen molar-refractivity contribution in [3.63, 3.8) is 0 Å². The molecule has 9 N–H and O–H groups in total. The smallest absolute Gasteiger partial charge is 0.220 e. The Balaban J connectivity index is 1.59. The lowest BCUT2D eigenvalue weighted by atomic mass is 9.97. The van der Waals surface area contributed by atoms with Gasteiger partial charge in [-0.25, -0.2) is 0 Å². The first-order valence-electron chi connectivity index (χ1n) is 36.3. The number of amides is 1. The fourth-order valence-electron chi connectivity index (χ4n) is 11.1. The van der Waals surface area contributed by atoms with Gasteiger partial charge in [-0.1, -0.05) is 283 Å². The van der Waals surface area contributed by atoms with Gasteiger partial charge in [-0.3, -0.25) is 4.79 Å². The minimum Gasteiger partial charge on any atom is -0.394 e. The van der Waals surface area contributed by atoms with Gasteiger partial charge >= 0.3 is 0 Å². The van der Waals surface area contributed by atoms with Crippen LogP contribution in [-0.2, 0) is 23.7 Å². The van der Waals surface area contributed by atoms with Crippen molar-refractivity contribution in [2.45, 2.75) is 338 Å². The number of carbonyl (C=O) groups excluding carboxylic acids is 1. The second kappa shape index (κ2) is 60.1. The van der Waals surface area contributed by atoms with Crippen LogP contribution in [0, 0.1) is 0 Å². The highest BCUT2D eigenvalue weighted by Gasteiger charge is 2.51. The largest absolute Gasteiger partial charge is 0.394 e. The van der Waals surface area contributed by atoms with Gasteiger partial charge in [0.2, 0.25) is 5.91 Å². The van der Waals surface area contributed by atoms with E-state index < -0.39 is 86.8 Å². The van der Waals surface area contributed by atoms with Crippen molar-refractivity contribution in [1.29, 1.82) is 0 Å². The zero-order chi connectivity index (χ0) is 65.9. The minimum atomic E-state index is -1.79. The maximum absolute atomic E-state index is 13.3. The van der Waals surface area contributed by atoms with Crippen molar-refractivity contribution in [3.8, 4) is 0 Å². The third kappa shape index (κ3) is 43.9. The number of allylic oxidation sites excluding steroid dienone is 19. The molecule has 2 aliphatic heterocycles. The molecule has 12 unspecified atom stereocenters. The van der Waals surface area contributed by atoms with E-state index in [1.165, 1.54) is 148 Å². The van der Waals surface area contributed by atoms with Crippen LogP contribution in [0.4, 0.5) is 0 Å². The van der Waals surface area contributed by atoms with Crippen molar-refractivity contribution in [2.24, 2.45) is 0 Å². The van der Waals surface area contributed by atoms with Crippen LogP contribution in [0.25, 0.3) is 0 Å². The summed E-state index contributed by atoms with van der Waals surface area (Å²) in [7, 11) is 0. The molecule has 91 heavy (non-hydrogen) atoms. The predicted molar refractivity (Wildman–Crippen MR) is 373 cm³/mol. The predicted octanol–water partition coefficient (Wildman–Crippen LogP) is 15.3. The van der Waals surface area contributed by atoms with E-state index in [-0.39, 0.29) is 18.9 Å². The van der Waals surface area contributed by atoms with E-state index in [1.54, 1.807) is 6.08 Å². The number of aliphatic hydroxyl groups is 8. The zero-order valence-electron chi connectivity index (χ0n) is 56.8. The average Bonchev–Trinajstić information content (AvgIpc) is 1.24. The summed E-state index contributed by atoms with van der Waals surface area (Å²) in [6, 6.07) is -0.937. The Bertz CT molecular complexity index is 1990. The van der Waals surface area contributed by atoms with Crippen LogP contribution in [0.15, 0.2) is 122 Å². The molecule has 0 spiro atoms. The third-order valence-electron chi connectivity index (χ3n) is 16.9. The number of hydrogen-bond donors (Lipinski definition) is 9. The number of ether oxygens (including phenoxy) is 4. The Morgan fingerprint density at radius 3 is 1.21 bits per heavy atom. The standard InChI is InChI=1S/C77H131NO13/c1-3-5-7-9-11-13-15-17-19-21-22-23-24-25-26-27-28-29-30-31-32-33-34-35-36-37-38-39-40-41-42-43-44-45-47-49-51-53-55-57-59-61-69(82)78-65(66(81)60-58-56-54-52-50-48-46-20-18-16-14-12-10-8-6-4-2)64-88-76-74(87)72(85)75(68(63-80)90-76)91-77-73(86)71(84)70(83)67(62-79)89-77/h5,7,11,13,17,19,22-23,25-26,28-29,31-32,34-35,50,52,58,60,65-68,70-77,79-81,83-87H,3-4,6,8-10,12,14-16,18,20-21,24,27,30,33,36-49,51,53-57,59,61-64H2,1-2H3,(H,78,82)/b7-5-,13-11-,19-17-,23-22-,26-25-,29-28-,32-31-,35-34-,52-50+,60-58+. The summed E-state index contributed by atoms with van der Waals surface area (Å²) in [5.74, 6) is -0.251. The van der Waals surface area contributed by atoms with Gasteiger partial charge in [0, 0.05) is 6.42 Å². The van der Waals surface area contributed by atoms with Crippen LogP contribution < -0.4 is 5.32 Å². The average molecular weight is 1280 g/mol. The fraction of sp³-hybridized carbons (Fsp3) is 0.727. The number of nitrogens with one attached hydrogen (secondary N) is 1.